The number of hydrogen-bond acceptors (Lipinski definition) is 7. The summed E-state index contributed by atoms with van der Waals surface area (Å²) < 4.78 is 0. The number of fused-ring (bicyclic) bond motifs is 1. The van der Waals surface area contributed by atoms with Crippen LogP contribution < -0.4 is 27.4 Å². The van der Waals surface area contributed by atoms with Gasteiger partial charge in [-0.05, 0) is 24.0 Å². The number of rotatable bonds is 15. The molecule has 0 fully saturated rings. The fourth-order valence-corrected chi connectivity index (χ4v) is 4.10. The molecule has 0 bridgehead atoms. The van der Waals surface area contributed by atoms with Gasteiger partial charge in [-0.2, -0.15) is 12.6 Å². The monoisotopic (exact) mass is 548 g/mol. The zero-order valence-electron chi connectivity index (χ0n) is 21.4. The average molecular weight is 549 g/mol. The number of benzene rings is 1. The Bertz CT molecular complexity index is 1150. The highest BCUT2D eigenvalue weighted by molar-refractivity contribution is 7.80. The quantitative estimate of drug-likeness (QED) is 0.141. The van der Waals surface area contributed by atoms with Gasteiger partial charge in [0.2, 0.25) is 23.6 Å². The lowest BCUT2D eigenvalue weighted by Gasteiger charge is -2.27. The van der Waals surface area contributed by atoms with E-state index < -0.39 is 53.8 Å². The van der Waals surface area contributed by atoms with Gasteiger partial charge in [-0.15, -0.1) is 0 Å². The van der Waals surface area contributed by atoms with Crippen LogP contribution in [0.2, 0.25) is 0 Å². The van der Waals surface area contributed by atoms with E-state index in [1.165, 1.54) is 0 Å². The SMILES string of the molecule is CCC(C)C(NC(=O)C(N)CCC(N)=O)C(=O)NC(CS)C(=O)NC(Cc1c[nH]c2ccccc12)C(=O)O. The molecule has 2 rings (SSSR count). The summed E-state index contributed by atoms with van der Waals surface area (Å²) in [5.74, 6) is -4.28. The van der Waals surface area contributed by atoms with Crippen LogP contribution in [-0.4, -0.2) is 69.6 Å². The summed E-state index contributed by atoms with van der Waals surface area (Å²) in [5, 5.41) is 18.2. The molecule has 1 aromatic heterocycles. The van der Waals surface area contributed by atoms with Crippen LogP contribution in [0.1, 0.15) is 38.7 Å². The Hall–Kier alpha value is -3.58. The highest BCUT2D eigenvalue weighted by Gasteiger charge is 2.32. The van der Waals surface area contributed by atoms with Crippen molar-refractivity contribution in [3.8, 4) is 0 Å². The number of primary amides is 1. The van der Waals surface area contributed by atoms with Gasteiger partial charge in [-0.3, -0.25) is 19.2 Å². The number of aromatic nitrogens is 1. The maximum atomic E-state index is 13.1. The summed E-state index contributed by atoms with van der Waals surface area (Å²) in [6.45, 7) is 3.58. The van der Waals surface area contributed by atoms with Crippen LogP contribution in [-0.2, 0) is 30.4 Å². The number of aliphatic carboxylic acids is 1. The molecule has 4 amide bonds. The van der Waals surface area contributed by atoms with Gasteiger partial charge >= 0.3 is 5.97 Å². The number of carboxylic acid groups (broad SMARTS) is 1. The van der Waals surface area contributed by atoms with Crippen molar-refractivity contribution in [1.82, 2.24) is 20.9 Å². The molecular weight excluding hydrogens is 512 g/mol. The predicted molar refractivity (Wildman–Crippen MR) is 145 cm³/mol. The molecule has 1 aromatic carbocycles. The van der Waals surface area contributed by atoms with Crippen molar-refractivity contribution in [2.24, 2.45) is 17.4 Å². The number of amides is 4. The third-order valence-electron chi connectivity index (χ3n) is 6.36. The van der Waals surface area contributed by atoms with Crippen molar-refractivity contribution in [3.63, 3.8) is 0 Å². The predicted octanol–water partition coefficient (Wildman–Crippen LogP) is -0.182. The third kappa shape index (κ3) is 8.48. The molecule has 0 saturated carbocycles. The lowest BCUT2D eigenvalue weighted by molar-refractivity contribution is -0.142. The minimum absolute atomic E-state index is 0.0185. The van der Waals surface area contributed by atoms with Crippen LogP contribution in [0.3, 0.4) is 0 Å². The highest BCUT2D eigenvalue weighted by atomic mass is 32.1. The van der Waals surface area contributed by atoms with E-state index in [0.717, 1.165) is 10.9 Å². The van der Waals surface area contributed by atoms with Gasteiger partial charge in [0.15, 0.2) is 0 Å². The standard InChI is InChI=1S/C25H36N6O6S/c1-3-13(2)21(31-22(33)16(26)8-9-20(27)32)24(35)30-19(12-38)23(34)29-18(25(36)37)10-14-11-28-17-7-5-4-6-15(14)17/h4-7,11,13,16,18-19,21,28,38H,3,8-10,12,26H2,1-2H3,(H2,27,32)(H,29,34)(H,30,35)(H,31,33)(H,36,37). The number of carboxylic acids is 1. The Morgan fingerprint density at radius 3 is 2.29 bits per heavy atom. The number of carbonyl (C=O) groups is 5. The molecule has 12 nitrogen and oxygen atoms in total. The topological polar surface area (TPSA) is 209 Å². The molecule has 208 valence electrons. The number of H-pyrrole nitrogens is 1. The first-order valence-electron chi connectivity index (χ1n) is 12.3. The van der Waals surface area contributed by atoms with Crippen molar-refractivity contribution < 1.29 is 29.1 Å². The van der Waals surface area contributed by atoms with Crippen LogP contribution in [0, 0.1) is 5.92 Å². The molecule has 9 N–H and O–H groups in total. The van der Waals surface area contributed by atoms with Gasteiger partial charge < -0.3 is 37.5 Å². The zero-order chi connectivity index (χ0) is 28.4. The van der Waals surface area contributed by atoms with Crippen molar-refractivity contribution in [1.29, 1.82) is 0 Å². The average Bonchev–Trinajstić information content (AvgIpc) is 3.30. The normalized spacial score (nSPS) is 15.1. The van der Waals surface area contributed by atoms with Crippen molar-refractivity contribution in [2.75, 3.05) is 5.75 Å². The second-order valence-corrected chi connectivity index (χ2v) is 9.56. The number of hydrogen-bond donors (Lipinski definition) is 8. The Kier molecular flexibility index (Phi) is 11.6. The van der Waals surface area contributed by atoms with E-state index in [1.54, 1.807) is 13.1 Å². The molecule has 1 heterocycles. The first-order chi connectivity index (χ1) is 18.0. The molecule has 38 heavy (non-hydrogen) atoms. The molecule has 5 atom stereocenters. The zero-order valence-corrected chi connectivity index (χ0v) is 22.3. The number of carbonyl (C=O) groups excluding carboxylic acids is 4. The summed E-state index contributed by atoms with van der Waals surface area (Å²) in [4.78, 5) is 64.5. The van der Waals surface area contributed by atoms with Crippen molar-refractivity contribution in [3.05, 3.63) is 36.0 Å². The Balaban J connectivity index is 2.09. The molecule has 5 unspecified atom stereocenters. The molecule has 0 aliphatic heterocycles. The summed E-state index contributed by atoms with van der Waals surface area (Å²) >= 11 is 4.15. The van der Waals surface area contributed by atoms with Gasteiger partial charge in [0.1, 0.15) is 18.1 Å². The minimum Gasteiger partial charge on any atom is -0.480 e. The van der Waals surface area contributed by atoms with Gasteiger partial charge in [0.05, 0.1) is 6.04 Å². The molecule has 0 saturated heterocycles. The lowest BCUT2D eigenvalue weighted by Crippen LogP contribution is -2.59. The summed E-state index contributed by atoms with van der Waals surface area (Å²) in [6.07, 6.45) is 2.17. The largest absolute Gasteiger partial charge is 0.480 e. The number of nitrogens with two attached hydrogens (primary N) is 2. The minimum atomic E-state index is -1.26. The molecular formula is C25H36N6O6S. The van der Waals surface area contributed by atoms with Crippen LogP contribution in [0.5, 0.6) is 0 Å². The Morgan fingerprint density at radius 1 is 1.03 bits per heavy atom. The van der Waals surface area contributed by atoms with E-state index >= 15 is 0 Å². The third-order valence-corrected chi connectivity index (χ3v) is 6.73. The smallest absolute Gasteiger partial charge is 0.326 e. The van der Waals surface area contributed by atoms with Crippen molar-refractivity contribution in [2.45, 2.75) is 63.7 Å². The number of nitrogens with one attached hydrogen (secondary N) is 4. The molecule has 0 radical (unpaired) electrons. The first kappa shape index (κ1) is 30.6. The first-order valence-corrected chi connectivity index (χ1v) is 12.9. The van der Waals surface area contributed by atoms with E-state index in [1.807, 2.05) is 31.2 Å². The fraction of sp³-hybridized carbons (Fsp3) is 0.480. The Labute approximate surface area is 226 Å². The van der Waals surface area contributed by atoms with E-state index in [4.69, 9.17) is 11.5 Å². The van der Waals surface area contributed by atoms with Gasteiger partial charge in [0.25, 0.3) is 0 Å². The molecule has 2 aromatic rings. The Morgan fingerprint density at radius 2 is 1.68 bits per heavy atom. The van der Waals surface area contributed by atoms with E-state index in [0.29, 0.717) is 12.0 Å². The van der Waals surface area contributed by atoms with E-state index in [-0.39, 0.29) is 30.9 Å². The molecule has 0 aliphatic carbocycles. The second-order valence-electron chi connectivity index (χ2n) is 9.19. The van der Waals surface area contributed by atoms with Crippen LogP contribution in [0.15, 0.2) is 30.5 Å². The number of aromatic amines is 1. The summed E-state index contributed by atoms with van der Waals surface area (Å²) in [6, 6.07) is 2.89. The molecule has 0 aliphatic rings. The molecule has 0 spiro atoms. The maximum Gasteiger partial charge on any atom is 0.326 e. The maximum absolute atomic E-state index is 13.1. The fourth-order valence-electron chi connectivity index (χ4n) is 3.84. The lowest BCUT2D eigenvalue weighted by atomic mass is 9.97. The van der Waals surface area contributed by atoms with E-state index in [9.17, 15) is 29.1 Å². The summed E-state index contributed by atoms with van der Waals surface area (Å²) in [7, 11) is 0. The van der Waals surface area contributed by atoms with Crippen LogP contribution in [0.25, 0.3) is 10.9 Å². The number of para-hydroxylation sites is 1. The van der Waals surface area contributed by atoms with Gasteiger partial charge in [-0.25, -0.2) is 4.79 Å². The number of thiol groups is 1. The second kappa shape index (κ2) is 14.4. The van der Waals surface area contributed by atoms with Gasteiger partial charge in [0, 0.05) is 35.7 Å². The molecule has 13 heteroatoms. The van der Waals surface area contributed by atoms with Crippen molar-refractivity contribution >= 4 is 53.1 Å². The van der Waals surface area contributed by atoms with Crippen LogP contribution in [0.4, 0.5) is 0 Å². The van der Waals surface area contributed by atoms with E-state index in [2.05, 4.69) is 33.6 Å². The van der Waals surface area contributed by atoms with Gasteiger partial charge in [-0.1, -0.05) is 38.5 Å². The van der Waals surface area contributed by atoms with Crippen LogP contribution >= 0.6 is 12.6 Å². The highest BCUT2D eigenvalue weighted by Crippen LogP contribution is 2.19. The summed E-state index contributed by atoms with van der Waals surface area (Å²) in [5.41, 5.74) is 12.5.